The molecule has 1 unspecified atom stereocenters. The second-order valence-electron chi connectivity index (χ2n) is 14.7. The summed E-state index contributed by atoms with van der Waals surface area (Å²) in [5.74, 6) is -0.333. The third-order valence-corrected chi connectivity index (χ3v) is 13.9. The van der Waals surface area contributed by atoms with E-state index in [0.29, 0.717) is 36.9 Å². The number of amides is 1. The van der Waals surface area contributed by atoms with Gasteiger partial charge in [-0.3, -0.25) is 9.59 Å². The number of hydrogen-bond acceptors (Lipinski definition) is 7. The minimum Gasteiger partial charge on any atom is -0.490 e. The Labute approximate surface area is 300 Å². The highest BCUT2D eigenvalue weighted by atomic mass is 35.5. The molecule has 50 heavy (non-hydrogen) atoms. The van der Waals surface area contributed by atoms with Crippen LogP contribution in [0.4, 0.5) is 5.69 Å². The van der Waals surface area contributed by atoms with Gasteiger partial charge in [-0.15, -0.1) is 0 Å². The Balaban J connectivity index is 1.32. The van der Waals surface area contributed by atoms with E-state index < -0.39 is 26.8 Å². The minimum atomic E-state index is -4.14. The fraction of sp³-hybridized carbons (Fsp3) is 0.450. The SMILES string of the molecule is CO[C@]1(C=O)/C=C/C[C@H](C)[C@H](Cc2ccccc2)S(=O)(=O)NC(=O)c2ccc3c(c2)N(C[C@@H]2CC[C@H]21)CC1(CCCc2cc(Cl)ccc21)CO3. The van der Waals surface area contributed by atoms with Crippen molar-refractivity contribution in [3.8, 4) is 5.75 Å². The first-order valence-corrected chi connectivity index (χ1v) is 19.6. The highest BCUT2D eigenvalue weighted by Crippen LogP contribution is 2.48. The number of methoxy groups -OCH3 is 1. The maximum Gasteiger partial charge on any atom is 0.264 e. The number of ether oxygens (including phenoxy) is 2. The van der Waals surface area contributed by atoms with E-state index in [2.05, 4.69) is 21.8 Å². The van der Waals surface area contributed by atoms with Crippen LogP contribution in [0.25, 0.3) is 0 Å². The van der Waals surface area contributed by atoms with Crippen LogP contribution in [0.2, 0.25) is 5.02 Å². The summed E-state index contributed by atoms with van der Waals surface area (Å²) in [4.78, 5) is 29.1. The van der Waals surface area contributed by atoms with Crippen LogP contribution in [-0.2, 0) is 37.8 Å². The highest BCUT2D eigenvalue weighted by Gasteiger charge is 2.49. The summed E-state index contributed by atoms with van der Waals surface area (Å²) in [5, 5.41) is -0.193. The van der Waals surface area contributed by atoms with Crippen molar-refractivity contribution in [1.29, 1.82) is 0 Å². The molecule has 4 aliphatic rings. The van der Waals surface area contributed by atoms with Gasteiger partial charge in [-0.2, -0.15) is 0 Å². The van der Waals surface area contributed by atoms with Crippen molar-refractivity contribution in [2.24, 2.45) is 17.8 Å². The molecule has 2 aliphatic carbocycles. The van der Waals surface area contributed by atoms with E-state index in [-0.39, 0.29) is 35.2 Å². The number of carbonyl (C=O) groups excluding carboxylic acids is 2. The first-order chi connectivity index (χ1) is 24.1. The number of aldehydes is 1. The number of aryl methyl sites for hydroxylation is 1. The Morgan fingerprint density at radius 3 is 2.66 bits per heavy atom. The lowest BCUT2D eigenvalue weighted by molar-refractivity contribution is -0.135. The van der Waals surface area contributed by atoms with E-state index in [9.17, 15) is 18.0 Å². The maximum atomic E-state index is 14.1. The van der Waals surface area contributed by atoms with Crippen molar-refractivity contribution in [2.75, 3.05) is 31.7 Å². The molecular weight excluding hydrogens is 672 g/mol. The van der Waals surface area contributed by atoms with Gasteiger partial charge < -0.3 is 14.4 Å². The van der Waals surface area contributed by atoms with Gasteiger partial charge in [-0.25, -0.2) is 13.1 Å². The number of halogens is 1. The predicted molar refractivity (Wildman–Crippen MR) is 195 cm³/mol. The van der Waals surface area contributed by atoms with E-state index in [4.69, 9.17) is 21.1 Å². The lowest BCUT2D eigenvalue weighted by atomic mass is 9.64. The fourth-order valence-corrected chi connectivity index (χ4v) is 10.6. The zero-order valence-electron chi connectivity index (χ0n) is 28.6. The van der Waals surface area contributed by atoms with Crippen molar-refractivity contribution in [3.63, 3.8) is 0 Å². The molecule has 1 spiro atoms. The highest BCUT2D eigenvalue weighted by molar-refractivity contribution is 7.90. The van der Waals surface area contributed by atoms with Crippen molar-refractivity contribution < 1.29 is 27.5 Å². The third kappa shape index (κ3) is 6.48. The first-order valence-electron chi connectivity index (χ1n) is 17.7. The van der Waals surface area contributed by atoms with E-state index >= 15 is 0 Å². The summed E-state index contributed by atoms with van der Waals surface area (Å²) >= 11 is 6.44. The smallest absolute Gasteiger partial charge is 0.264 e. The lowest BCUT2D eigenvalue weighted by Crippen LogP contribution is -2.53. The van der Waals surface area contributed by atoms with Crippen molar-refractivity contribution in [1.82, 2.24) is 4.72 Å². The van der Waals surface area contributed by atoms with E-state index in [1.807, 2.05) is 55.5 Å². The van der Waals surface area contributed by atoms with E-state index in [0.717, 1.165) is 49.6 Å². The normalized spacial score (nSPS) is 31.2. The number of fused-ring (bicyclic) bond motifs is 4. The van der Waals surface area contributed by atoms with Gasteiger partial charge in [0.05, 0.1) is 17.5 Å². The predicted octanol–water partition coefficient (Wildman–Crippen LogP) is 6.69. The average Bonchev–Trinajstić information content (AvgIpc) is 3.24. The van der Waals surface area contributed by atoms with E-state index in [1.165, 1.54) is 11.1 Å². The molecule has 1 saturated carbocycles. The monoisotopic (exact) mass is 716 g/mol. The van der Waals surface area contributed by atoms with Gasteiger partial charge in [0.25, 0.3) is 5.91 Å². The molecule has 0 aromatic heterocycles. The number of anilines is 1. The Morgan fingerprint density at radius 2 is 1.92 bits per heavy atom. The van der Waals surface area contributed by atoms with Crippen LogP contribution in [0, 0.1) is 17.8 Å². The topological polar surface area (TPSA) is 102 Å². The van der Waals surface area contributed by atoms with Crippen molar-refractivity contribution in [2.45, 2.75) is 68.1 Å². The summed E-state index contributed by atoms with van der Waals surface area (Å²) < 4.78 is 43.2. The first kappa shape index (κ1) is 34.8. The number of rotatable bonds is 4. The number of nitrogens with zero attached hydrogens (tertiary/aromatic N) is 1. The molecule has 2 aliphatic heterocycles. The average molecular weight is 717 g/mol. The van der Waals surface area contributed by atoms with Crippen LogP contribution < -0.4 is 14.4 Å². The minimum absolute atomic E-state index is 0.0687. The van der Waals surface area contributed by atoms with Gasteiger partial charge in [-0.1, -0.05) is 61.0 Å². The number of hydrogen-bond donors (Lipinski definition) is 1. The zero-order chi connectivity index (χ0) is 35.1. The largest absolute Gasteiger partial charge is 0.490 e. The summed E-state index contributed by atoms with van der Waals surface area (Å²) in [6.07, 6.45) is 9.86. The van der Waals surface area contributed by atoms with Crippen LogP contribution in [0.15, 0.2) is 78.9 Å². The Morgan fingerprint density at radius 1 is 1.10 bits per heavy atom. The number of carbonyl (C=O) groups is 2. The molecule has 10 heteroatoms. The molecule has 3 aromatic rings. The van der Waals surface area contributed by atoms with Gasteiger partial charge in [0.1, 0.15) is 11.4 Å². The van der Waals surface area contributed by atoms with Crippen LogP contribution in [0.1, 0.15) is 66.1 Å². The zero-order valence-corrected chi connectivity index (χ0v) is 30.2. The Bertz CT molecular complexity index is 1900. The number of allylic oxidation sites excluding steroid dienone is 1. The second-order valence-corrected chi connectivity index (χ2v) is 17.1. The van der Waals surface area contributed by atoms with Crippen LogP contribution in [0.5, 0.6) is 5.75 Å². The van der Waals surface area contributed by atoms with E-state index in [1.54, 1.807) is 25.3 Å². The molecule has 0 saturated heterocycles. The number of benzene rings is 3. The third-order valence-electron chi connectivity index (χ3n) is 11.7. The molecule has 1 amide bonds. The maximum absolute atomic E-state index is 14.1. The quantitative estimate of drug-likeness (QED) is 0.237. The van der Waals surface area contributed by atoms with Crippen LogP contribution in [0.3, 0.4) is 0 Å². The Hall–Kier alpha value is -3.66. The molecule has 3 aromatic carbocycles. The van der Waals surface area contributed by atoms with Gasteiger partial charge in [0.15, 0.2) is 6.29 Å². The molecule has 0 radical (unpaired) electrons. The lowest BCUT2D eigenvalue weighted by Gasteiger charge is -2.48. The van der Waals surface area contributed by atoms with Crippen molar-refractivity contribution in [3.05, 3.63) is 106 Å². The molecule has 7 rings (SSSR count). The number of nitrogens with one attached hydrogen (secondary N) is 1. The molecule has 2 bridgehead atoms. The van der Waals surface area contributed by atoms with Gasteiger partial charge in [-0.05, 0) is 110 Å². The summed E-state index contributed by atoms with van der Waals surface area (Å²) in [5.41, 5.74) is 2.83. The molecule has 6 atom stereocenters. The summed E-state index contributed by atoms with van der Waals surface area (Å²) in [6.45, 7) is 3.58. The second kappa shape index (κ2) is 13.8. The molecular formula is C40H45ClN2O6S. The number of sulfonamides is 1. The van der Waals surface area contributed by atoms with Crippen molar-refractivity contribution >= 4 is 39.5 Å². The van der Waals surface area contributed by atoms with Crippen LogP contribution >= 0.6 is 11.6 Å². The molecule has 1 fully saturated rings. The van der Waals surface area contributed by atoms with Crippen LogP contribution in [-0.4, -0.2) is 58.3 Å². The van der Waals surface area contributed by atoms with Gasteiger partial charge in [0.2, 0.25) is 10.0 Å². The fourth-order valence-electron chi connectivity index (χ4n) is 8.78. The molecule has 2 heterocycles. The summed E-state index contributed by atoms with van der Waals surface area (Å²) in [7, 11) is -2.56. The van der Waals surface area contributed by atoms with Gasteiger partial charge >= 0.3 is 0 Å². The molecule has 8 nitrogen and oxygen atoms in total. The Kier molecular flexibility index (Phi) is 9.60. The summed E-state index contributed by atoms with van der Waals surface area (Å²) in [6, 6.07) is 20.8. The standard InChI is InChI=1S/C40H45ClN2O6S/c1-27-8-6-19-40(25-44,48-2)34-15-12-31(34)23-43-24-39(18-7-11-29-21-32(41)14-16-33(29)39)26-49-36-17-13-30(22-35(36)43)38(45)42-50(46,47)37(27)20-28-9-4-3-5-10-28/h3-6,9-10,13-14,16-17,19,21-22,25,27,31,34,37H,7-8,11-12,15,18,20,23-24,26H2,1-2H3,(H,42,45)/b19-6+/t27-,31-,34+,37-,39?,40-/m0/s1. The molecule has 264 valence electrons. The van der Waals surface area contributed by atoms with Gasteiger partial charge in [0, 0.05) is 42.1 Å². The molecule has 1 N–H and O–H groups in total.